The summed E-state index contributed by atoms with van der Waals surface area (Å²) < 4.78 is 0. The number of nitrogens with zero attached hydrogens (tertiary/aromatic N) is 1. The predicted molar refractivity (Wildman–Crippen MR) is 55.9 cm³/mol. The van der Waals surface area contributed by atoms with E-state index in [9.17, 15) is 4.79 Å². The molecule has 0 spiro atoms. The van der Waals surface area contributed by atoms with Crippen LogP contribution in [0.5, 0.6) is 0 Å². The number of hydrogen-bond acceptors (Lipinski definition) is 1. The van der Waals surface area contributed by atoms with Crippen molar-refractivity contribution in [2.24, 2.45) is 5.41 Å². The van der Waals surface area contributed by atoms with Gasteiger partial charge in [-0.3, -0.25) is 9.69 Å². The van der Waals surface area contributed by atoms with Crippen LogP contribution in [-0.4, -0.2) is 10.8 Å². The maximum absolute atomic E-state index is 11.8. The Balaban J connectivity index is 4.66. The first-order chi connectivity index (χ1) is 5.93. The average Bonchev–Trinajstić information content (AvgIpc) is 2.01. The lowest BCUT2D eigenvalue weighted by Crippen LogP contribution is -2.32. The van der Waals surface area contributed by atoms with Gasteiger partial charge in [-0.25, -0.2) is 0 Å². The van der Waals surface area contributed by atoms with Gasteiger partial charge in [0.25, 0.3) is 0 Å². The zero-order valence-electron chi connectivity index (χ0n) is 9.16. The molecule has 2 heteroatoms. The summed E-state index contributed by atoms with van der Waals surface area (Å²) in [5.41, 5.74) is -0.334. The monoisotopic (exact) mass is 181 g/mol. The van der Waals surface area contributed by atoms with E-state index in [1.165, 1.54) is 0 Å². The van der Waals surface area contributed by atoms with E-state index in [4.69, 9.17) is 0 Å². The van der Waals surface area contributed by atoms with Gasteiger partial charge in [0.2, 0.25) is 5.91 Å². The summed E-state index contributed by atoms with van der Waals surface area (Å²) in [5.74, 6) is 0.101. The van der Waals surface area contributed by atoms with Crippen LogP contribution < -0.4 is 0 Å². The third-order valence-electron chi connectivity index (χ3n) is 1.50. The van der Waals surface area contributed by atoms with E-state index in [0.29, 0.717) is 0 Å². The van der Waals surface area contributed by atoms with Gasteiger partial charge in [-0.05, 0) is 13.8 Å². The Bertz CT molecular complexity index is 209. The van der Waals surface area contributed by atoms with Gasteiger partial charge >= 0.3 is 0 Å². The van der Waals surface area contributed by atoms with E-state index >= 15 is 0 Å². The highest BCUT2D eigenvalue weighted by Crippen LogP contribution is 2.17. The van der Waals surface area contributed by atoms with Crippen LogP contribution in [-0.2, 0) is 4.79 Å². The van der Waals surface area contributed by atoms with Crippen LogP contribution >= 0.6 is 0 Å². The molecule has 1 amide bonds. The topological polar surface area (TPSA) is 20.3 Å². The summed E-state index contributed by atoms with van der Waals surface area (Å²) in [6.07, 6.45) is 7.24. The van der Waals surface area contributed by atoms with Crippen molar-refractivity contribution in [3.8, 4) is 0 Å². The lowest BCUT2D eigenvalue weighted by atomic mass is 9.95. The van der Waals surface area contributed by atoms with Crippen LogP contribution in [0.2, 0.25) is 0 Å². The lowest BCUT2D eigenvalue weighted by Gasteiger charge is -2.23. The molecule has 0 N–H and O–H groups in total. The van der Waals surface area contributed by atoms with E-state index in [0.717, 1.165) is 0 Å². The highest BCUT2D eigenvalue weighted by Gasteiger charge is 2.24. The molecule has 0 saturated carbocycles. The van der Waals surface area contributed by atoms with Crippen molar-refractivity contribution < 1.29 is 4.79 Å². The summed E-state index contributed by atoms with van der Waals surface area (Å²) >= 11 is 0. The van der Waals surface area contributed by atoms with Crippen LogP contribution in [0.3, 0.4) is 0 Å². The Labute approximate surface area is 80.9 Å². The van der Waals surface area contributed by atoms with Crippen molar-refractivity contribution in [1.29, 1.82) is 0 Å². The first-order valence-corrected chi connectivity index (χ1v) is 4.52. The minimum absolute atomic E-state index is 0.101. The van der Waals surface area contributed by atoms with Gasteiger partial charge in [-0.15, -0.1) is 0 Å². The first kappa shape index (κ1) is 11.9. The molecule has 0 atom stereocenters. The van der Waals surface area contributed by atoms with Gasteiger partial charge in [0.05, 0.1) is 0 Å². The van der Waals surface area contributed by atoms with Crippen molar-refractivity contribution in [1.82, 2.24) is 4.90 Å². The molecule has 0 aliphatic heterocycles. The van der Waals surface area contributed by atoms with Crippen LogP contribution in [0.4, 0.5) is 0 Å². The molecule has 0 fully saturated rings. The van der Waals surface area contributed by atoms with Crippen molar-refractivity contribution in [3.63, 3.8) is 0 Å². The van der Waals surface area contributed by atoms with Gasteiger partial charge in [0.1, 0.15) is 0 Å². The van der Waals surface area contributed by atoms with E-state index < -0.39 is 0 Å². The highest BCUT2D eigenvalue weighted by atomic mass is 16.2. The van der Waals surface area contributed by atoms with Gasteiger partial charge in [-0.1, -0.05) is 32.9 Å². The van der Waals surface area contributed by atoms with E-state index in [-0.39, 0.29) is 11.3 Å². The summed E-state index contributed by atoms with van der Waals surface area (Å²) in [6.45, 7) is 9.53. The first-order valence-electron chi connectivity index (χ1n) is 4.52. The van der Waals surface area contributed by atoms with Crippen molar-refractivity contribution in [3.05, 3.63) is 24.6 Å². The smallest absolute Gasteiger partial charge is 0.235 e. The quantitative estimate of drug-likeness (QED) is 0.641. The Morgan fingerprint density at radius 3 is 1.69 bits per heavy atom. The average molecular weight is 181 g/mol. The fraction of sp³-hybridized carbons (Fsp3) is 0.545. The van der Waals surface area contributed by atoms with Crippen LogP contribution in [0, 0.1) is 5.41 Å². The lowest BCUT2D eigenvalue weighted by molar-refractivity contribution is -0.134. The van der Waals surface area contributed by atoms with Crippen molar-refractivity contribution in [2.75, 3.05) is 0 Å². The number of carbonyl (C=O) groups is 1. The van der Waals surface area contributed by atoms with E-state index in [2.05, 4.69) is 0 Å². The fourth-order valence-corrected chi connectivity index (χ4v) is 0.894. The Morgan fingerprint density at radius 1 is 1.08 bits per heavy atom. The van der Waals surface area contributed by atoms with Gasteiger partial charge in [-0.2, -0.15) is 0 Å². The van der Waals surface area contributed by atoms with Crippen molar-refractivity contribution in [2.45, 2.75) is 34.6 Å². The Morgan fingerprint density at radius 2 is 1.46 bits per heavy atom. The zero-order valence-corrected chi connectivity index (χ0v) is 9.16. The van der Waals surface area contributed by atoms with Crippen LogP contribution in [0.1, 0.15) is 34.6 Å². The molecule has 0 heterocycles. The maximum atomic E-state index is 11.8. The Hall–Kier alpha value is -1.05. The molecule has 0 aromatic rings. The minimum Gasteiger partial charge on any atom is -0.295 e. The van der Waals surface area contributed by atoms with E-state index in [1.807, 2.05) is 46.8 Å². The molecular formula is C11H19NO. The second kappa shape index (κ2) is 4.85. The third-order valence-corrected chi connectivity index (χ3v) is 1.50. The molecule has 13 heavy (non-hydrogen) atoms. The number of amides is 1. The van der Waals surface area contributed by atoms with Crippen LogP contribution in [0.15, 0.2) is 24.6 Å². The SMILES string of the molecule is CC=CN(/C=C/C)C(=O)C(C)(C)C. The predicted octanol–water partition coefficient (Wildman–Crippen LogP) is 2.93. The number of hydrogen-bond donors (Lipinski definition) is 0. The molecule has 0 aliphatic rings. The van der Waals surface area contributed by atoms with Crippen molar-refractivity contribution >= 4 is 5.91 Å². The molecule has 0 aliphatic carbocycles. The summed E-state index contributed by atoms with van der Waals surface area (Å²) in [4.78, 5) is 13.4. The molecule has 0 rings (SSSR count). The second-order valence-electron chi connectivity index (χ2n) is 3.93. The normalized spacial score (nSPS) is 12.7. The van der Waals surface area contributed by atoms with Gasteiger partial charge in [0, 0.05) is 17.8 Å². The van der Waals surface area contributed by atoms with Gasteiger partial charge < -0.3 is 0 Å². The summed E-state index contributed by atoms with van der Waals surface area (Å²) in [7, 11) is 0. The molecule has 74 valence electrons. The molecule has 0 aromatic heterocycles. The van der Waals surface area contributed by atoms with Crippen LogP contribution in [0.25, 0.3) is 0 Å². The number of allylic oxidation sites excluding steroid dienone is 2. The largest absolute Gasteiger partial charge is 0.295 e. The number of carbonyl (C=O) groups excluding carboxylic acids is 1. The highest BCUT2D eigenvalue weighted by molar-refractivity contribution is 5.83. The fourth-order valence-electron chi connectivity index (χ4n) is 0.894. The second-order valence-corrected chi connectivity index (χ2v) is 3.93. The minimum atomic E-state index is -0.334. The third kappa shape index (κ3) is 3.92. The van der Waals surface area contributed by atoms with Gasteiger partial charge in [0.15, 0.2) is 0 Å². The standard InChI is InChI=1S/C11H19NO/c1-6-8-12(9-7-2)10(13)11(3,4)5/h6-9H,1-5H3/b8-6+,9-7?. The molecule has 0 saturated heterocycles. The molecule has 0 radical (unpaired) electrons. The molecule has 0 bridgehead atoms. The van der Waals surface area contributed by atoms with E-state index in [1.54, 1.807) is 17.3 Å². The zero-order chi connectivity index (χ0) is 10.5. The maximum Gasteiger partial charge on any atom is 0.235 e. The molecule has 2 nitrogen and oxygen atoms in total. The summed E-state index contributed by atoms with van der Waals surface area (Å²) in [5, 5.41) is 0. The summed E-state index contributed by atoms with van der Waals surface area (Å²) in [6, 6.07) is 0. The molecular weight excluding hydrogens is 162 g/mol. The number of rotatable bonds is 2. The molecule has 0 unspecified atom stereocenters. The Kier molecular flexibility index (Phi) is 4.46. The molecule has 0 aromatic carbocycles.